The summed E-state index contributed by atoms with van der Waals surface area (Å²) in [5.41, 5.74) is 0. The molecule has 0 radical (unpaired) electrons. The summed E-state index contributed by atoms with van der Waals surface area (Å²) >= 11 is 0. The summed E-state index contributed by atoms with van der Waals surface area (Å²) in [6, 6.07) is -0.628. The fourth-order valence-corrected chi connectivity index (χ4v) is 11.8. The van der Waals surface area contributed by atoms with Crippen LogP contribution < -0.4 is 5.32 Å². The summed E-state index contributed by atoms with van der Waals surface area (Å²) in [7, 11) is 0. The molecule has 0 rings (SSSR count). The van der Waals surface area contributed by atoms with Crippen LogP contribution in [-0.2, 0) is 14.3 Å². The van der Waals surface area contributed by atoms with Gasteiger partial charge in [0.1, 0.15) is 0 Å². The topological polar surface area (TPSA) is 95.9 Å². The van der Waals surface area contributed by atoms with E-state index in [1.807, 2.05) is 6.08 Å². The number of carbonyl (C=O) groups excluding carboxylic acids is 2. The molecular formula is C75H145NO5. The minimum Gasteiger partial charge on any atom is -0.466 e. The molecule has 0 aliphatic heterocycles. The zero-order valence-electron chi connectivity index (χ0n) is 55.0. The number of rotatable bonds is 70. The number of amides is 1. The molecule has 81 heavy (non-hydrogen) atoms. The van der Waals surface area contributed by atoms with Gasteiger partial charge in [0, 0.05) is 12.8 Å². The smallest absolute Gasteiger partial charge is 0.305 e. The molecule has 0 aromatic carbocycles. The number of aliphatic hydroxyl groups is 2. The van der Waals surface area contributed by atoms with Gasteiger partial charge in [0.05, 0.1) is 25.4 Å². The summed E-state index contributed by atoms with van der Waals surface area (Å²) < 4.78 is 5.50. The first kappa shape index (κ1) is 79.3. The molecule has 0 saturated carbocycles. The van der Waals surface area contributed by atoms with Gasteiger partial charge < -0.3 is 20.3 Å². The van der Waals surface area contributed by atoms with Crippen molar-refractivity contribution >= 4 is 11.9 Å². The zero-order chi connectivity index (χ0) is 58.5. The van der Waals surface area contributed by atoms with Gasteiger partial charge in [0.2, 0.25) is 5.91 Å². The van der Waals surface area contributed by atoms with Crippen LogP contribution in [0.15, 0.2) is 24.3 Å². The van der Waals surface area contributed by atoms with Crippen LogP contribution in [0.5, 0.6) is 0 Å². The fourth-order valence-electron chi connectivity index (χ4n) is 11.8. The predicted octanol–water partition coefficient (Wildman–Crippen LogP) is 24.1. The Labute approximate surface area is 507 Å². The minimum atomic E-state index is -0.845. The van der Waals surface area contributed by atoms with Crippen LogP contribution in [0.4, 0.5) is 0 Å². The number of nitrogens with one attached hydrogen (secondary N) is 1. The predicted molar refractivity (Wildman–Crippen MR) is 356 cm³/mol. The van der Waals surface area contributed by atoms with E-state index >= 15 is 0 Å². The molecular weight excluding hydrogens is 995 g/mol. The molecule has 0 aromatic rings. The van der Waals surface area contributed by atoms with Crippen LogP contribution in [0.2, 0.25) is 0 Å². The number of allylic oxidation sites excluding steroid dienone is 3. The van der Waals surface area contributed by atoms with Crippen molar-refractivity contribution in [2.75, 3.05) is 13.2 Å². The first-order valence-corrected chi connectivity index (χ1v) is 37.1. The molecule has 2 atom stereocenters. The maximum absolute atomic E-state index is 12.5. The van der Waals surface area contributed by atoms with E-state index in [4.69, 9.17) is 4.74 Å². The van der Waals surface area contributed by atoms with Crippen LogP contribution in [0.3, 0.4) is 0 Å². The summed E-state index contributed by atoms with van der Waals surface area (Å²) in [5, 5.41) is 23.3. The lowest BCUT2D eigenvalue weighted by Gasteiger charge is -2.20. The molecule has 6 nitrogen and oxygen atoms in total. The molecule has 0 heterocycles. The van der Waals surface area contributed by atoms with Gasteiger partial charge in [-0.1, -0.05) is 372 Å². The van der Waals surface area contributed by atoms with Crippen molar-refractivity contribution < 1.29 is 24.5 Å². The summed E-state index contributed by atoms with van der Waals surface area (Å²) in [4.78, 5) is 24.6. The maximum Gasteiger partial charge on any atom is 0.305 e. The Hall–Kier alpha value is -1.66. The molecule has 3 N–H and O–H groups in total. The van der Waals surface area contributed by atoms with E-state index in [-0.39, 0.29) is 18.5 Å². The van der Waals surface area contributed by atoms with Gasteiger partial charge in [-0.05, 0) is 57.8 Å². The minimum absolute atomic E-state index is 0.0193. The van der Waals surface area contributed by atoms with Crippen LogP contribution in [0, 0.1) is 0 Å². The fraction of sp³-hybridized carbons (Fsp3) is 0.920. The molecule has 0 bridgehead atoms. The van der Waals surface area contributed by atoms with Crippen LogP contribution in [0.1, 0.15) is 418 Å². The van der Waals surface area contributed by atoms with Crippen molar-refractivity contribution in [3.05, 3.63) is 24.3 Å². The second-order valence-electron chi connectivity index (χ2n) is 25.6. The molecule has 0 aliphatic carbocycles. The maximum atomic E-state index is 12.5. The lowest BCUT2D eigenvalue weighted by atomic mass is 10.0. The molecule has 6 heteroatoms. The number of esters is 1. The van der Waals surface area contributed by atoms with Crippen molar-refractivity contribution in [2.45, 2.75) is 431 Å². The van der Waals surface area contributed by atoms with Crippen LogP contribution in [0.25, 0.3) is 0 Å². The Bertz CT molecular complexity index is 1270. The first-order valence-electron chi connectivity index (χ1n) is 37.1. The van der Waals surface area contributed by atoms with E-state index in [0.717, 1.165) is 38.5 Å². The number of unbranched alkanes of at least 4 members (excludes halogenated alkanes) is 57. The van der Waals surface area contributed by atoms with Crippen molar-refractivity contribution in [3.63, 3.8) is 0 Å². The number of hydrogen-bond donors (Lipinski definition) is 3. The van der Waals surface area contributed by atoms with Crippen molar-refractivity contribution in [2.24, 2.45) is 0 Å². The van der Waals surface area contributed by atoms with Gasteiger partial charge in [-0.25, -0.2) is 0 Å². The van der Waals surface area contributed by atoms with E-state index in [0.29, 0.717) is 19.4 Å². The zero-order valence-corrected chi connectivity index (χ0v) is 55.0. The molecule has 2 unspecified atom stereocenters. The highest BCUT2D eigenvalue weighted by Gasteiger charge is 2.18. The molecule has 0 aliphatic rings. The highest BCUT2D eigenvalue weighted by atomic mass is 16.5. The van der Waals surface area contributed by atoms with Crippen LogP contribution in [-0.4, -0.2) is 47.4 Å². The first-order chi connectivity index (χ1) is 40.0. The normalized spacial score (nSPS) is 12.6. The van der Waals surface area contributed by atoms with E-state index in [1.165, 1.54) is 353 Å². The third-order valence-corrected chi connectivity index (χ3v) is 17.5. The Kier molecular flexibility index (Phi) is 69.4. The Balaban J connectivity index is 3.39. The highest BCUT2D eigenvalue weighted by molar-refractivity contribution is 5.76. The molecule has 1 amide bonds. The van der Waals surface area contributed by atoms with Crippen molar-refractivity contribution in [3.8, 4) is 0 Å². The quantitative estimate of drug-likeness (QED) is 0.0320. The number of aliphatic hydroxyl groups excluding tert-OH is 2. The molecule has 0 aromatic heterocycles. The van der Waals surface area contributed by atoms with E-state index in [9.17, 15) is 19.8 Å². The van der Waals surface area contributed by atoms with Gasteiger partial charge in [0.25, 0.3) is 0 Å². The second kappa shape index (κ2) is 70.8. The van der Waals surface area contributed by atoms with Gasteiger partial charge in [0.15, 0.2) is 0 Å². The van der Waals surface area contributed by atoms with Crippen molar-refractivity contribution in [1.82, 2.24) is 5.32 Å². The molecule has 0 saturated heterocycles. The third-order valence-electron chi connectivity index (χ3n) is 17.5. The van der Waals surface area contributed by atoms with Gasteiger partial charge in [-0.3, -0.25) is 9.59 Å². The molecule has 480 valence electrons. The molecule has 0 fully saturated rings. The Morgan fingerprint density at radius 1 is 0.333 bits per heavy atom. The lowest BCUT2D eigenvalue weighted by Crippen LogP contribution is -2.45. The monoisotopic (exact) mass is 1140 g/mol. The Morgan fingerprint density at radius 3 is 0.877 bits per heavy atom. The number of hydrogen-bond acceptors (Lipinski definition) is 5. The van der Waals surface area contributed by atoms with E-state index in [2.05, 4.69) is 31.3 Å². The number of carbonyl (C=O) groups is 2. The lowest BCUT2D eigenvalue weighted by molar-refractivity contribution is -0.143. The molecule has 0 spiro atoms. The van der Waals surface area contributed by atoms with Gasteiger partial charge in [-0.2, -0.15) is 0 Å². The van der Waals surface area contributed by atoms with E-state index in [1.54, 1.807) is 6.08 Å². The largest absolute Gasteiger partial charge is 0.466 e. The SMILES string of the molecule is CCCCCCCCCCCCCCCCCCCCC/C=C/C(O)C(CO)NC(=O)CCCCCCCCCCCCCCC/C=C\CCCCCCCCCCCCCCOC(=O)CCCCCCCCCCCCCCCC. The summed E-state index contributed by atoms with van der Waals surface area (Å²) in [6.45, 7) is 4.95. The van der Waals surface area contributed by atoms with Gasteiger partial charge in [-0.15, -0.1) is 0 Å². The second-order valence-corrected chi connectivity index (χ2v) is 25.6. The number of ether oxygens (including phenoxy) is 1. The van der Waals surface area contributed by atoms with Crippen molar-refractivity contribution in [1.29, 1.82) is 0 Å². The average Bonchev–Trinajstić information content (AvgIpc) is 3.47. The Morgan fingerprint density at radius 2 is 0.580 bits per heavy atom. The average molecular weight is 1140 g/mol. The van der Waals surface area contributed by atoms with E-state index < -0.39 is 12.1 Å². The summed E-state index contributed by atoms with van der Waals surface area (Å²) in [6.07, 6.45) is 89.9. The standard InChI is InChI=1S/C75H145NO5/c1-3-5-7-9-11-13-15-17-19-20-21-31-34-37-40-43-47-51-55-59-63-67-73(78)72(71-77)76-74(79)68-64-60-56-52-48-44-41-38-35-32-29-27-25-23-22-24-26-28-30-33-36-39-42-46-50-54-58-62-66-70-81-75(80)69-65-61-57-53-49-45-18-16-14-12-10-8-6-4-2/h22,24,63,67,72-73,77-78H,3-21,23,25-62,64-66,68-71H2,1-2H3,(H,76,79)/b24-22-,67-63+. The summed E-state index contributed by atoms with van der Waals surface area (Å²) in [5.74, 6) is -0.0435. The third kappa shape index (κ3) is 67.3. The van der Waals surface area contributed by atoms with Crippen LogP contribution >= 0.6 is 0 Å². The van der Waals surface area contributed by atoms with Gasteiger partial charge >= 0.3 is 5.97 Å². The highest BCUT2D eigenvalue weighted by Crippen LogP contribution is 2.19.